The van der Waals surface area contributed by atoms with E-state index in [2.05, 4.69) is 39.9 Å². The predicted molar refractivity (Wildman–Crippen MR) is 104 cm³/mol. The fourth-order valence-corrected chi connectivity index (χ4v) is 4.62. The summed E-state index contributed by atoms with van der Waals surface area (Å²) in [6.45, 7) is 2.72. The van der Waals surface area contributed by atoms with Gasteiger partial charge in [-0.3, -0.25) is 4.99 Å². The zero-order valence-electron chi connectivity index (χ0n) is 15.8. The van der Waals surface area contributed by atoms with Crippen LogP contribution in [-0.4, -0.2) is 38.4 Å². The van der Waals surface area contributed by atoms with Crippen molar-refractivity contribution >= 4 is 5.96 Å². The number of rotatable bonds is 3. The number of hydrogen-bond acceptors (Lipinski definition) is 3. The first-order chi connectivity index (χ1) is 12.8. The topological polar surface area (TPSA) is 54.9 Å². The van der Waals surface area contributed by atoms with Crippen LogP contribution in [0.1, 0.15) is 56.6 Å². The third kappa shape index (κ3) is 3.83. The Labute approximate surface area is 156 Å². The van der Waals surface area contributed by atoms with E-state index >= 15 is 0 Å². The van der Waals surface area contributed by atoms with Gasteiger partial charge in [-0.25, -0.2) is 0 Å². The van der Waals surface area contributed by atoms with Gasteiger partial charge in [-0.1, -0.05) is 18.2 Å². The van der Waals surface area contributed by atoms with Gasteiger partial charge in [0.2, 0.25) is 0 Å². The van der Waals surface area contributed by atoms with E-state index in [1.165, 1.54) is 18.4 Å². The molecule has 1 aromatic carbocycles. The summed E-state index contributed by atoms with van der Waals surface area (Å²) in [7, 11) is 1.86. The van der Waals surface area contributed by atoms with Crippen LogP contribution in [0.15, 0.2) is 29.3 Å². The molecule has 0 amide bonds. The molecule has 5 heteroatoms. The smallest absolute Gasteiger partial charge is 0.191 e. The lowest BCUT2D eigenvalue weighted by atomic mass is 9.86. The van der Waals surface area contributed by atoms with Crippen LogP contribution in [0.5, 0.6) is 5.75 Å². The average molecular weight is 357 g/mol. The molecular formula is C21H31N3O2. The van der Waals surface area contributed by atoms with Gasteiger partial charge in [0, 0.05) is 38.8 Å². The van der Waals surface area contributed by atoms with Crippen molar-refractivity contribution in [2.75, 3.05) is 26.8 Å². The van der Waals surface area contributed by atoms with Gasteiger partial charge in [0.25, 0.3) is 0 Å². The van der Waals surface area contributed by atoms with Gasteiger partial charge >= 0.3 is 0 Å². The summed E-state index contributed by atoms with van der Waals surface area (Å²) in [6.07, 6.45) is 8.14. The number of aliphatic imine (C=N–C) groups is 1. The molecule has 1 atom stereocenters. The molecule has 1 aliphatic carbocycles. The Morgan fingerprint density at radius 1 is 1.19 bits per heavy atom. The summed E-state index contributed by atoms with van der Waals surface area (Å²) in [5, 5.41) is 7.22. The van der Waals surface area contributed by atoms with E-state index in [-0.39, 0.29) is 11.6 Å². The fourth-order valence-electron chi connectivity index (χ4n) is 4.62. The standard InChI is InChI=1S/C21H31N3O2/c1-22-20(23-15-16-8-12-25-13-9-16)24-18-14-21(10-4-5-11-21)26-19-7-3-2-6-17(18)19/h2-3,6-7,16,18H,4-5,8-15H2,1H3,(H2,22,23,24). The summed E-state index contributed by atoms with van der Waals surface area (Å²) >= 11 is 0. The summed E-state index contributed by atoms with van der Waals surface area (Å²) < 4.78 is 11.9. The third-order valence-corrected chi connectivity index (χ3v) is 6.15. The van der Waals surface area contributed by atoms with Gasteiger partial charge in [0.1, 0.15) is 11.4 Å². The quantitative estimate of drug-likeness (QED) is 0.643. The number of fused-ring (bicyclic) bond motifs is 1. The van der Waals surface area contributed by atoms with Gasteiger partial charge < -0.3 is 20.1 Å². The van der Waals surface area contributed by atoms with E-state index in [0.717, 1.165) is 63.6 Å². The molecule has 1 saturated carbocycles. The molecule has 1 aromatic rings. The molecule has 0 bridgehead atoms. The monoisotopic (exact) mass is 357 g/mol. The number of nitrogens with zero attached hydrogens (tertiary/aromatic N) is 1. The molecule has 2 aliphatic heterocycles. The first-order valence-corrected chi connectivity index (χ1v) is 10.1. The SMILES string of the molecule is CN=C(NCC1CCOCC1)NC1CC2(CCCC2)Oc2ccccc21. The molecule has 0 radical (unpaired) electrons. The van der Waals surface area contributed by atoms with Crippen LogP contribution in [0.3, 0.4) is 0 Å². The lowest BCUT2D eigenvalue weighted by molar-refractivity contribution is 0.0395. The van der Waals surface area contributed by atoms with Gasteiger partial charge in [0.05, 0.1) is 6.04 Å². The van der Waals surface area contributed by atoms with Crippen molar-refractivity contribution in [3.05, 3.63) is 29.8 Å². The van der Waals surface area contributed by atoms with Gasteiger partial charge in [-0.2, -0.15) is 0 Å². The first-order valence-electron chi connectivity index (χ1n) is 10.1. The highest BCUT2D eigenvalue weighted by atomic mass is 16.5. The molecule has 0 aromatic heterocycles. The Morgan fingerprint density at radius 2 is 1.96 bits per heavy atom. The van der Waals surface area contributed by atoms with Crippen molar-refractivity contribution < 1.29 is 9.47 Å². The number of guanidine groups is 1. The van der Waals surface area contributed by atoms with Crippen LogP contribution < -0.4 is 15.4 Å². The largest absolute Gasteiger partial charge is 0.487 e. The molecule has 1 unspecified atom stereocenters. The zero-order chi connectivity index (χ0) is 17.8. The molecule has 4 rings (SSSR count). The van der Waals surface area contributed by atoms with Crippen molar-refractivity contribution in [2.45, 2.75) is 56.6 Å². The maximum Gasteiger partial charge on any atom is 0.191 e. The number of nitrogens with one attached hydrogen (secondary N) is 2. The van der Waals surface area contributed by atoms with Gasteiger partial charge in [-0.15, -0.1) is 0 Å². The molecular weight excluding hydrogens is 326 g/mol. The number of para-hydroxylation sites is 1. The Morgan fingerprint density at radius 3 is 2.73 bits per heavy atom. The van der Waals surface area contributed by atoms with Crippen molar-refractivity contribution in [2.24, 2.45) is 10.9 Å². The van der Waals surface area contributed by atoms with Crippen LogP contribution >= 0.6 is 0 Å². The summed E-state index contributed by atoms with van der Waals surface area (Å²) in [4.78, 5) is 4.48. The van der Waals surface area contributed by atoms with E-state index in [1.54, 1.807) is 0 Å². The van der Waals surface area contributed by atoms with Crippen LogP contribution in [0.2, 0.25) is 0 Å². The van der Waals surface area contributed by atoms with Crippen LogP contribution in [-0.2, 0) is 4.74 Å². The Bertz CT molecular complexity index is 634. The van der Waals surface area contributed by atoms with E-state index < -0.39 is 0 Å². The van der Waals surface area contributed by atoms with Crippen molar-refractivity contribution in [1.29, 1.82) is 0 Å². The second-order valence-electron chi connectivity index (χ2n) is 7.94. The van der Waals surface area contributed by atoms with Gasteiger partial charge in [-0.05, 0) is 50.5 Å². The maximum absolute atomic E-state index is 6.47. The lowest BCUT2D eigenvalue weighted by Crippen LogP contribution is -2.47. The summed E-state index contributed by atoms with van der Waals surface area (Å²) in [5.74, 6) is 2.61. The second-order valence-corrected chi connectivity index (χ2v) is 7.94. The van der Waals surface area contributed by atoms with Crippen LogP contribution in [0.25, 0.3) is 0 Å². The second kappa shape index (κ2) is 7.87. The van der Waals surface area contributed by atoms with Gasteiger partial charge in [0.15, 0.2) is 5.96 Å². The van der Waals surface area contributed by atoms with Crippen molar-refractivity contribution in [3.8, 4) is 5.75 Å². The minimum absolute atomic E-state index is 0.00554. The highest BCUT2D eigenvalue weighted by Crippen LogP contribution is 2.46. The minimum atomic E-state index is 0.00554. The molecule has 26 heavy (non-hydrogen) atoms. The Hall–Kier alpha value is -1.75. The predicted octanol–water partition coefficient (Wildman–Crippen LogP) is 3.41. The molecule has 1 saturated heterocycles. The number of hydrogen-bond donors (Lipinski definition) is 2. The molecule has 5 nitrogen and oxygen atoms in total. The normalized spacial score (nSPS) is 25.6. The van der Waals surface area contributed by atoms with Crippen molar-refractivity contribution in [3.63, 3.8) is 0 Å². The molecule has 1 spiro atoms. The number of ether oxygens (including phenoxy) is 2. The fraction of sp³-hybridized carbons (Fsp3) is 0.667. The molecule has 3 aliphatic rings. The maximum atomic E-state index is 6.47. The highest BCUT2D eigenvalue weighted by molar-refractivity contribution is 5.80. The highest BCUT2D eigenvalue weighted by Gasteiger charge is 2.43. The molecule has 2 fully saturated rings. The molecule has 142 valence electrons. The summed E-state index contributed by atoms with van der Waals surface area (Å²) in [6, 6.07) is 8.71. The molecule has 2 N–H and O–H groups in total. The Balaban J connectivity index is 1.44. The van der Waals surface area contributed by atoms with Crippen molar-refractivity contribution in [1.82, 2.24) is 10.6 Å². The van der Waals surface area contributed by atoms with Crippen LogP contribution in [0.4, 0.5) is 0 Å². The lowest BCUT2D eigenvalue weighted by Gasteiger charge is -2.40. The van der Waals surface area contributed by atoms with E-state index in [1.807, 2.05) is 7.05 Å². The van der Waals surface area contributed by atoms with Crippen LogP contribution in [0, 0.1) is 5.92 Å². The van der Waals surface area contributed by atoms with E-state index in [0.29, 0.717) is 5.92 Å². The number of benzene rings is 1. The zero-order valence-corrected chi connectivity index (χ0v) is 15.8. The van der Waals surface area contributed by atoms with E-state index in [4.69, 9.17) is 9.47 Å². The first kappa shape index (κ1) is 17.7. The average Bonchev–Trinajstić information content (AvgIpc) is 3.13. The molecule has 2 heterocycles. The van der Waals surface area contributed by atoms with E-state index in [9.17, 15) is 0 Å². The minimum Gasteiger partial charge on any atom is -0.487 e. The third-order valence-electron chi connectivity index (χ3n) is 6.15. The summed E-state index contributed by atoms with van der Waals surface area (Å²) in [5.41, 5.74) is 1.25. The Kier molecular flexibility index (Phi) is 5.34.